The quantitative estimate of drug-likeness (QED) is 0.661. The van der Waals surface area contributed by atoms with Gasteiger partial charge in [-0.15, -0.1) is 0 Å². The molecule has 0 aromatic heterocycles. The Labute approximate surface area is 131 Å². The molecule has 0 fully saturated rings. The first-order valence-corrected chi connectivity index (χ1v) is 7.11. The van der Waals surface area contributed by atoms with E-state index in [1.54, 1.807) is 6.07 Å². The molecular weight excluding hydrogens is 298 g/mol. The summed E-state index contributed by atoms with van der Waals surface area (Å²) in [6.45, 7) is 0. The maximum Gasteiger partial charge on any atom is 0.269 e. The fourth-order valence-electron chi connectivity index (χ4n) is 3.01. The van der Waals surface area contributed by atoms with E-state index in [0.717, 1.165) is 0 Å². The highest BCUT2D eigenvalue weighted by Gasteiger charge is 2.38. The lowest BCUT2D eigenvalue weighted by atomic mass is 9.77. The zero-order valence-electron chi connectivity index (χ0n) is 12.1. The molecule has 3 rings (SSSR count). The molecule has 1 aromatic rings. The molecule has 116 valence electrons. The molecule has 0 unspecified atom stereocenters. The van der Waals surface area contributed by atoms with Gasteiger partial charge in [0.15, 0.2) is 5.78 Å². The van der Waals surface area contributed by atoms with E-state index in [2.05, 4.69) is 0 Å². The zero-order chi connectivity index (χ0) is 16.6. The predicted molar refractivity (Wildman–Crippen MR) is 79.6 cm³/mol. The smallest absolute Gasteiger partial charge is 0.269 e. The average molecular weight is 311 g/mol. The van der Waals surface area contributed by atoms with Crippen LogP contribution in [-0.2, 0) is 9.53 Å². The molecule has 0 spiro atoms. The molecule has 1 aromatic carbocycles. The summed E-state index contributed by atoms with van der Waals surface area (Å²) in [4.78, 5) is 22.8. The van der Waals surface area contributed by atoms with Crippen molar-refractivity contribution in [1.29, 1.82) is 5.26 Å². The minimum atomic E-state index is -0.712. The number of non-ortho nitro benzene ring substituents is 1. The van der Waals surface area contributed by atoms with Crippen molar-refractivity contribution >= 4 is 11.5 Å². The van der Waals surface area contributed by atoms with E-state index in [0.29, 0.717) is 36.2 Å². The van der Waals surface area contributed by atoms with Gasteiger partial charge in [0.25, 0.3) is 5.69 Å². The molecule has 1 aliphatic heterocycles. The number of nitrogens with zero attached hydrogens (tertiary/aromatic N) is 2. The van der Waals surface area contributed by atoms with Crippen LogP contribution >= 0.6 is 0 Å². The number of nitro groups is 1. The zero-order valence-corrected chi connectivity index (χ0v) is 12.1. The van der Waals surface area contributed by atoms with E-state index in [1.165, 1.54) is 18.2 Å². The largest absolute Gasteiger partial charge is 0.444 e. The van der Waals surface area contributed by atoms with Gasteiger partial charge in [0, 0.05) is 30.5 Å². The summed E-state index contributed by atoms with van der Waals surface area (Å²) >= 11 is 0. The Morgan fingerprint density at radius 1 is 1.39 bits per heavy atom. The number of rotatable bonds is 2. The summed E-state index contributed by atoms with van der Waals surface area (Å²) in [5.74, 6) is -0.397. The normalized spacial score (nSPS) is 20.7. The maximum absolute atomic E-state index is 12.4. The van der Waals surface area contributed by atoms with E-state index < -0.39 is 10.8 Å². The number of benzene rings is 1. The minimum absolute atomic E-state index is 0.0440. The third kappa shape index (κ3) is 2.44. The van der Waals surface area contributed by atoms with Gasteiger partial charge in [-0.25, -0.2) is 0 Å². The van der Waals surface area contributed by atoms with Crippen molar-refractivity contribution in [2.45, 2.75) is 25.2 Å². The predicted octanol–water partition coefficient (Wildman–Crippen LogP) is 2.41. The molecule has 0 amide bonds. The summed E-state index contributed by atoms with van der Waals surface area (Å²) in [5, 5.41) is 20.4. The van der Waals surface area contributed by atoms with Crippen LogP contribution in [-0.4, -0.2) is 10.7 Å². The van der Waals surface area contributed by atoms with Gasteiger partial charge in [0.2, 0.25) is 5.88 Å². The Hall–Kier alpha value is -3.14. The molecule has 1 atom stereocenters. The first-order valence-electron chi connectivity index (χ1n) is 7.11. The van der Waals surface area contributed by atoms with Crippen LogP contribution in [0.25, 0.3) is 0 Å². The minimum Gasteiger partial charge on any atom is -0.444 e. The summed E-state index contributed by atoms with van der Waals surface area (Å²) in [6, 6.07) is 7.89. The van der Waals surface area contributed by atoms with Gasteiger partial charge in [-0.1, -0.05) is 12.1 Å². The standard InChI is InChI=1S/C16H13N3O4/c17-8-11-14(9-3-1-4-10(7-9)19(21)22)15-12(20)5-2-6-13(15)23-16(11)18/h1,3-4,7,14H,2,5-6,18H2/t14-/m1/s1. The molecule has 7 heteroatoms. The fraction of sp³-hybridized carbons (Fsp3) is 0.250. The Kier molecular flexibility index (Phi) is 3.58. The van der Waals surface area contributed by atoms with Crippen LogP contribution in [0.2, 0.25) is 0 Å². The van der Waals surface area contributed by atoms with Crippen molar-refractivity contribution in [1.82, 2.24) is 0 Å². The van der Waals surface area contributed by atoms with Crippen LogP contribution in [0.15, 0.2) is 47.1 Å². The van der Waals surface area contributed by atoms with Gasteiger partial charge in [-0.05, 0) is 12.0 Å². The van der Waals surface area contributed by atoms with Crippen LogP contribution in [0, 0.1) is 21.4 Å². The highest BCUT2D eigenvalue weighted by molar-refractivity contribution is 5.99. The van der Waals surface area contributed by atoms with Crippen LogP contribution in [0.4, 0.5) is 5.69 Å². The first-order chi connectivity index (χ1) is 11.0. The van der Waals surface area contributed by atoms with Gasteiger partial charge >= 0.3 is 0 Å². The third-order valence-electron chi connectivity index (χ3n) is 4.02. The number of ketones is 1. The van der Waals surface area contributed by atoms with Gasteiger partial charge in [0.1, 0.15) is 17.4 Å². The lowest BCUT2D eigenvalue weighted by Gasteiger charge is -2.30. The molecule has 0 saturated heterocycles. The molecule has 7 nitrogen and oxygen atoms in total. The average Bonchev–Trinajstić information content (AvgIpc) is 2.54. The number of nitro benzene ring substituents is 1. The maximum atomic E-state index is 12.4. The summed E-state index contributed by atoms with van der Waals surface area (Å²) in [5.41, 5.74) is 6.71. The molecule has 0 radical (unpaired) electrons. The van der Waals surface area contributed by atoms with Crippen molar-refractivity contribution in [2.24, 2.45) is 5.73 Å². The molecule has 2 N–H and O–H groups in total. The number of Topliss-reactive ketones (excluding diaryl/α,β-unsaturated/α-hetero) is 1. The van der Waals surface area contributed by atoms with Crippen molar-refractivity contribution < 1.29 is 14.5 Å². The number of carbonyl (C=O) groups is 1. The van der Waals surface area contributed by atoms with Crippen molar-refractivity contribution in [2.75, 3.05) is 0 Å². The number of carbonyl (C=O) groups excluding carboxylic acids is 1. The van der Waals surface area contributed by atoms with E-state index in [-0.39, 0.29) is 22.9 Å². The Morgan fingerprint density at radius 2 is 2.17 bits per heavy atom. The highest BCUT2D eigenvalue weighted by atomic mass is 16.6. The Bertz CT molecular complexity index is 817. The highest BCUT2D eigenvalue weighted by Crippen LogP contribution is 2.43. The topological polar surface area (TPSA) is 119 Å². The van der Waals surface area contributed by atoms with Gasteiger partial charge in [-0.3, -0.25) is 14.9 Å². The van der Waals surface area contributed by atoms with Crippen LogP contribution in [0.5, 0.6) is 0 Å². The van der Waals surface area contributed by atoms with Gasteiger partial charge < -0.3 is 10.5 Å². The molecular formula is C16H13N3O4. The number of hydrogen-bond acceptors (Lipinski definition) is 6. The SMILES string of the molecule is N#CC1=C(N)OC2=C(C(=O)CCC2)[C@@H]1c1cccc([N+](=O)[O-])c1. The summed E-state index contributed by atoms with van der Waals surface area (Å²) in [7, 11) is 0. The molecule has 0 saturated carbocycles. The summed E-state index contributed by atoms with van der Waals surface area (Å²) < 4.78 is 5.45. The monoisotopic (exact) mass is 311 g/mol. The number of allylic oxidation sites excluding steroid dienone is 3. The van der Waals surface area contributed by atoms with E-state index in [4.69, 9.17) is 10.5 Å². The molecule has 0 bridgehead atoms. The van der Waals surface area contributed by atoms with E-state index in [1.807, 2.05) is 6.07 Å². The second-order valence-corrected chi connectivity index (χ2v) is 5.39. The lowest BCUT2D eigenvalue weighted by Crippen LogP contribution is -2.27. The van der Waals surface area contributed by atoms with Crippen molar-refractivity contribution in [3.05, 3.63) is 62.7 Å². The van der Waals surface area contributed by atoms with Gasteiger partial charge in [0.05, 0.1) is 10.8 Å². The number of nitriles is 1. The van der Waals surface area contributed by atoms with E-state index in [9.17, 15) is 20.2 Å². The first kappa shape index (κ1) is 14.8. The van der Waals surface area contributed by atoms with Crippen molar-refractivity contribution in [3.63, 3.8) is 0 Å². The molecule has 2 aliphatic rings. The summed E-state index contributed by atoms with van der Waals surface area (Å²) in [6.07, 6.45) is 1.59. The molecule has 23 heavy (non-hydrogen) atoms. The van der Waals surface area contributed by atoms with Crippen LogP contribution in [0.3, 0.4) is 0 Å². The fourth-order valence-corrected chi connectivity index (χ4v) is 3.01. The second kappa shape index (κ2) is 5.57. The van der Waals surface area contributed by atoms with Crippen LogP contribution in [0.1, 0.15) is 30.7 Å². The lowest BCUT2D eigenvalue weighted by molar-refractivity contribution is -0.384. The van der Waals surface area contributed by atoms with E-state index >= 15 is 0 Å². The Morgan fingerprint density at radius 3 is 2.87 bits per heavy atom. The van der Waals surface area contributed by atoms with Gasteiger partial charge in [-0.2, -0.15) is 5.26 Å². The number of hydrogen-bond donors (Lipinski definition) is 1. The number of ether oxygens (including phenoxy) is 1. The third-order valence-corrected chi connectivity index (χ3v) is 4.02. The molecule has 1 heterocycles. The molecule has 1 aliphatic carbocycles. The number of nitrogens with two attached hydrogens (primary N) is 1. The Balaban J connectivity index is 2.19. The van der Waals surface area contributed by atoms with Crippen LogP contribution < -0.4 is 5.73 Å². The van der Waals surface area contributed by atoms with Crippen molar-refractivity contribution in [3.8, 4) is 6.07 Å². The second-order valence-electron chi connectivity index (χ2n) is 5.39.